The van der Waals surface area contributed by atoms with Crippen LogP contribution in [0.2, 0.25) is 0 Å². The number of ketones is 1. The first-order chi connectivity index (χ1) is 9.74. The summed E-state index contributed by atoms with van der Waals surface area (Å²) in [5, 5.41) is 9.67. The second-order valence-corrected chi connectivity index (χ2v) is 4.62. The average Bonchev–Trinajstić information content (AvgIpc) is 2.93. The SMILES string of the molecule is O=C(CCc1ccccc1O)c1ccc2c(c1)OCO2. The molecule has 20 heavy (non-hydrogen) atoms. The van der Waals surface area contributed by atoms with Crippen molar-refractivity contribution in [1.82, 2.24) is 0 Å². The van der Waals surface area contributed by atoms with Crippen LogP contribution in [0.15, 0.2) is 42.5 Å². The summed E-state index contributed by atoms with van der Waals surface area (Å²) in [6, 6.07) is 12.2. The standard InChI is InChI=1S/C16H14O4/c17-13-4-2-1-3-11(13)5-7-14(18)12-6-8-15-16(9-12)20-10-19-15/h1-4,6,8-9,17H,5,7,10H2. The minimum atomic E-state index is 0.0200. The number of hydrogen-bond donors (Lipinski definition) is 1. The second kappa shape index (κ2) is 5.25. The number of hydrogen-bond acceptors (Lipinski definition) is 4. The van der Waals surface area contributed by atoms with E-state index in [1.54, 1.807) is 30.3 Å². The number of ether oxygens (including phenoxy) is 2. The van der Waals surface area contributed by atoms with Gasteiger partial charge in [0.1, 0.15) is 5.75 Å². The molecule has 0 saturated carbocycles. The number of aryl methyl sites for hydroxylation is 1. The van der Waals surface area contributed by atoms with Crippen molar-refractivity contribution in [2.24, 2.45) is 0 Å². The third kappa shape index (κ3) is 2.45. The molecule has 4 heteroatoms. The molecule has 0 aromatic heterocycles. The van der Waals surface area contributed by atoms with Gasteiger partial charge in [0, 0.05) is 12.0 Å². The number of carbonyl (C=O) groups is 1. The third-order valence-electron chi connectivity index (χ3n) is 3.31. The van der Waals surface area contributed by atoms with E-state index in [0.29, 0.717) is 29.9 Å². The summed E-state index contributed by atoms with van der Waals surface area (Å²) in [6.45, 7) is 0.199. The Morgan fingerprint density at radius 1 is 1.10 bits per heavy atom. The molecule has 0 spiro atoms. The van der Waals surface area contributed by atoms with Crippen molar-refractivity contribution in [3.8, 4) is 17.2 Å². The summed E-state index contributed by atoms with van der Waals surface area (Å²) in [6.07, 6.45) is 0.858. The van der Waals surface area contributed by atoms with E-state index in [2.05, 4.69) is 0 Å². The maximum atomic E-state index is 12.2. The van der Waals surface area contributed by atoms with Gasteiger partial charge >= 0.3 is 0 Å². The van der Waals surface area contributed by atoms with E-state index in [0.717, 1.165) is 5.56 Å². The first kappa shape index (κ1) is 12.5. The fraction of sp³-hybridized carbons (Fsp3) is 0.188. The van der Waals surface area contributed by atoms with Crippen molar-refractivity contribution in [3.63, 3.8) is 0 Å². The van der Waals surface area contributed by atoms with E-state index in [-0.39, 0.29) is 18.3 Å². The molecule has 0 fully saturated rings. The van der Waals surface area contributed by atoms with Crippen molar-refractivity contribution in [2.75, 3.05) is 6.79 Å². The zero-order valence-corrected chi connectivity index (χ0v) is 10.8. The number of phenolic OH excluding ortho intramolecular Hbond substituents is 1. The summed E-state index contributed by atoms with van der Waals surface area (Å²) in [5.41, 5.74) is 1.38. The number of rotatable bonds is 4. The minimum absolute atomic E-state index is 0.0200. The summed E-state index contributed by atoms with van der Waals surface area (Å²) in [7, 11) is 0. The lowest BCUT2D eigenvalue weighted by Gasteiger charge is -2.05. The van der Waals surface area contributed by atoms with Crippen LogP contribution in [0.1, 0.15) is 22.3 Å². The number of carbonyl (C=O) groups excluding carboxylic acids is 1. The van der Waals surface area contributed by atoms with E-state index < -0.39 is 0 Å². The second-order valence-electron chi connectivity index (χ2n) is 4.62. The highest BCUT2D eigenvalue weighted by Crippen LogP contribution is 2.33. The Labute approximate surface area is 116 Å². The first-order valence-corrected chi connectivity index (χ1v) is 6.44. The molecule has 3 rings (SSSR count). The zero-order valence-electron chi connectivity index (χ0n) is 10.8. The predicted molar refractivity (Wildman–Crippen MR) is 73.3 cm³/mol. The first-order valence-electron chi connectivity index (χ1n) is 6.44. The fourth-order valence-electron chi connectivity index (χ4n) is 2.18. The molecule has 1 aliphatic heterocycles. The average molecular weight is 270 g/mol. The number of Topliss-reactive ketones (excluding diaryl/α,β-unsaturated/α-hetero) is 1. The van der Waals surface area contributed by atoms with Crippen molar-refractivity contribution in [1.29, 1.82) is 0 Å². The van der Waals surface area contributed by atoms with Gasteiger partial charge in [-0.2, -0.15) is 0 Å². The number of benzene rings is 2. The molecule has 0 aliphatic carbocycles. The van der Waals surface area contributed by atoms with Crippen LogP contribution in [0, 0.1) is 0 Å². The topological polar surface area (TPSA) is 55.8 Å². The van der Waals surface area contributed by atoms with Crippen LogP contribution < -0.4 is 9.47 Å². The highest BCUT2D eigenvalue weighted by atomic mass is 16.7. The van der Waals surface area contributed by atoms with Gasteiger partial charge in [0.05, 0.1) is 0 Å². The van der Waals surface area contributed by atoms with E-state index in [4.69, 9.17) is 9.47 Å². The van der Waals surface area contributed by atoms with Gasteiger partial charge in [0.25, 0.3) is 0 Å². The quantitative estimate of drug-likeness (QED) is 0.868. The lowest BCUT2D eigenvalue weighted by Crippen LogP contribution is -2.01. The molecular formula is C16H14O4. The van der Waals surface area contributed by atoms with Crippen LogP contribution in [0.3, 0.4) is 0 Å². The largest absolute Gasteiger partial charge is 0.508 e. The van der Waals surface area contributed by atoms with Gasteiger partial charge in [0.15, 0.2) is 17.3 Å². The molecule has 2 aromatic rings. The Morgan fingerprint density at radius 3 is 2.75 bits per heavy atom. The summed E-state index contributed by atoms with van der Waals surface area (Å²) >= 11 is 0. The van der Waals surface area contributed by atoms with E-state index in [9.17, 15) is 9.90 Å². The van der Waals surface area contributed by atoms with Crippen LogP contribution in [0.25, 0.3) is 0 Å². The summed E-state index contributed by atoms with van der Waals surface area (Å²) in [4.78, 5) is 12.2. The Kier molecular flexibility index (Phi) is 3.29. The van der Waals surface area contributed by atoms with Crippen LogP contribution >= 0.6 is 0 Å². The minimum Gasteiger partial charge on any atom is -0.508 e. The molecule has 0 amide bonds. The van der Waals surface area contributed by atoms with Crippen molar-refractivity contribution >= 4 is 5.78 Å². The molecule has 0 saturated heterocycles. The van der Waals surface area contributed by atoms with E-state index >= 15 is 0 Å². The summed E-state index contributed by atoms with van der Waals surface area (Å²) < 4.78 is 10.5. The van der Waals surface area contributed by atoms with Crippen LogP contribution in [-0.2, 0) is 6.42 Å². The lowest BCUT2D eigenvalue weighted by molar-refractivity contribution is 0.0982. The molecule has 1 N–H and O–H groups in total. The van der Waals surface area contributed by atoms with Gasteiger partial charge in [-0.05, 0) is 36.2 Å². The number of phenols is 1. The third-order valence-corrected chi connectivity index (χ3v) is 3.31. The molecule has 4 nitrogen and oxygen atoms in total. The molecule has 1 aliphatic rings. The molecule has 0 unspecified atom stereocenters. The van der Waals surface area contributed by atoms with Gasteiger partial charge in [-0.25, -0.2) is 0 Å². The maximum Gasteiger partial charge on any atom is 0.231 e. The zero-order chi connectivity index (χ0) is 13.9. The highest BCUT2D eigenvalue weighted by Gasteiger charge is 2.16. The maximum absolute atomic E-state index is 12.2. The lowest BCUT2D eigenvalue weighted by atomic mass is 10.0. The molecule has 1 heterocycles. The Hall–Kier alpha value is -2.49. The summed E-state index contributed by atoms with van der Waals surface area (Å²) in [5.74, 6) is 1.53. The number of para-hydroxylation sites is 1. The van der Waals surface area contributed by atoms with Crippen molar-refractivity contribution in [2.45, 2.75) is 12.8 Å². The molecule has 2 aromatic carbocycles. The fourth-order valence-corrected chi connectivity index (χ4v) is 2.18. The van der Waals surface area contributed by atoms with Crippen molar-refractivity contribution < 1.29 is 19.4 Å². The predicted octanol–water partition coefficient (Wildman–Crippen LogP) is 2.94. The van der Waals surface area contributed by atoms with Crippen molar-refractivity contribution in [3.05, 3.63) is 53.6 Å². The Morgan fingerprint density at radius 2 is 1.90 bits per heavy atom. The van der Waals surface area contributed by atoms with Crippen LogP contribution in [-0.4, -0.2) is 17.7 Å². The van der Waals surface area contributed by atoms with Gasteiger partial charge in [-0.15, -0.1) is 0 Å². The molecule has 0 radical (unpaired) electrons. The Bertz CT molecular complexity index is 649. The molecule has 0 atom stereocenters. The van der Waals surface area contributed by atoms with Crippen LogP contribution in [0.5, 0.6) is 17.2 Å². The van der Waals surface area contributed by atoms with Gasteiger partial charge in [-0.3, -0.25) is 4.79 Å². The van der Waals surface area contributed by atoms with E-state index in [1.807, 2.05) is 12.1 Å². The van der Waals surface area contributed by atoms with Gasteiger partial charge in [-0.1, -0.05) is 18.2 Å². The highest BCUT2D eigenvalue weighted by molar-refractivity contribution is 5.96. The monoisotopic (exact) mass is 270 g/mol. The molecule has 102 valence electrons. The molecule has 0 bridgehead atoms. The number of aromatic hydroxyl groups is 1. The van der Waals surface area contributed by atoms with Crippen LogP contribution in [0.4, 0.5) is 0 Å². The smallest absolute Gasteiger partial charge is 0.231 e. The van der Waals surface area contributed by atoms with Gasteiger partial charge in [0.2, 0.25) is 6.79 Å². The Balaban J connectivity index is 1.69. The normalized spacial score (nSPS) is 12.4. The number of fused-ring (bicyclic) bond motifs is 1. The van der Waals surface area contributed by atoms with Gasteiger partial charge < -0.3 is 14.6 Å². The molecular weight excluding hydrogens is 256 g/mol. The van der Waals surface area contributed by atoms with E-state index in [1.165, 1.54) is 0 Å².